The van der Waals surface area contributed by atoms with Gasteiger partial charge < -0.3 is 9.80 Å². The summed E-state index contributed by atoms with van der Waals surface area (Å²) < 4.78 is 0. The molecule has 1 aromatic rings. The zero-order valence-electron chi connectivity index (χ0n) is 18.7. The average molecular weight is 431 g/mol. The minimum Gasteiger partial charge on any atom is -0.342 e. The highest BCUT2D eigenvalue weighted by molar-refractivity contribution is 6.19. The molecule has 0 spiro atoms. The van der Waals surface area contributed by atoms with Crippen LogP contribution in [-0.2, 0) is 16.1 Å². The van der Waals surface area contributed by atoms with Crippen LogP contribution in [0.2, 0.25) is 0 Å². The molecular weight excluding hydrogens is 396 g/mol. The van der Waals surface area contributed by atoms with Gasteiger partial charge in [-0.3, -0.25) is 9.59 Å². The first-order chi connectivity index (χ1) is 14.3. The Balaban J connectivity index is 2.14. The molecular formula is C25H35ClN2O2. The van der Waals surface area contributed by atoms with Crippen LogP contribution in [0.5, 0.6) is 0 Å². The highest BCUT2D eigenvalue weighted by atomic mass is 35.5. The van der Waals surface area contributed by atoms with Crippen molar-refractivity contribution >= 4 is 23.4 Å². The lowest BCUT2D eigenvalue weighted by molar-refractivity contribution is -0.133. The van der Waals surface area contributed by atoms with Gasteiger partial charge in [0.05, 0.1) is 11.8 Å². The van der Waals surface area contributed by atoms with Gasteiger partial charge in [-0.25, -0.2) is 0 Å². The van der Waals surface area contributed by atoms with Crippen molar-refractivity contribution in [2.45, 2.75) is 47.1 Å². The molecule has 1 heterocycles. The third-order valence-electron chi connectivity index (χ3n) is 5.44. The van der Waals surface area contributed by atoms with Gasteiger partial charge in [0, 0.05) is 32.1 Å². The Morgan fingerprint density at radius 2 is 1.63 bits per heavy atom. The number of nitrogens with zero attached hydrogens (tertiary/aromatic N) is 2. The van der Waals surface area contributed by atoms with E-state index in [9.17, 15) is 9.59 Å². The number of hydrogen-bond donors (Lipinski definition) is 0. The molecule has 1 aliphatic heterocycles. The van der Waals surface area contributed by atoms with Gasteiger partial charge in [-0.15, -0.1) is 11.6 Å². The van der Waals surface area contributed by atoms with Crippen molar-refractivity contribution in [3.8, 4) is 0 Å². The molecule has 1 fully saturated rings. The minimum absolute atomic E-state index is 0.0644. The fraction of sp³-hybridized carbons (Fsp3) is 0.520. The number of benzene rings is 1. The van der Waals surface area contributed by atoms with Gasteiger partial charge in [-0.05, 0) is 32.3 Å². The number of carbonyl (C=O) groups is 2. The number of carbonyl (C=O) groups excluding carboxylic acids is 2. The van der Waals surface area contributed by atoms with E-state index in [-0.39, 0.29) is 23.7 Å². The van der Waals surface area contributed by atoms with Crippen LogP contribution in [0, 0.1) is 11.8 Å². The molecule has 0 bridgehead atoms. The van der Waals surface area contributed by atoms with Crippen LogP contribution in [0.25, 0.3) is 0 Å². The second kappa shape index (κ2) is 11.9. The van der Waals surface area contributed by atoms with E-state index in [0.29, 0.717) is 19.0 Å². The molecule has 2 atom stereocenters. The molecule has 0 aliphatic carbocycles. The number of hydrogen-bond acceptors (Lipinski definition) is 2. The summed E-state index contributed by atoms with van der Waals surface area (Å²) >= 11 is 5.90. The Labute approximate surface area is 186 Å². The summed E-state index contributed by atoms with van der Waals surface area (Å²) in [6, 6.07) is 10.0. The highest BCUT2D eigenvalue weighted by Crippen LogP contribution is 2.17. The Bertz CT molecular complexity index is 767. The molecule has 1 unspecified atom stereocenters. The van der Waals surface area contributed by atoms with E-state index < -0.39 is 0 Å². The second-order valence-corrected chi connectivity index (χ2v) is 8.72. The molecule has 164 valence electrons. The summed E-state index contributed by atoms with van der Waals surface area (Å²) in [6.07, 6.45) is 6.13. The zero-order valence-corrected chi connectivity index (χ0v) is 19.5. The number of halogens is 1. The van der Waals surface area contributed by atoms with Crippen molar-refractivity contribution in [1.82, 2.24) is 9.80 Å². The van der Waals surface area contributed by atoms with E-state index in [4.69, 9.17) is 11.6 Å². The highest BCUT2D eigenvalue weighted by Gasteiger charge is 2.23. The zero-order chi connectivity index (χ0) is 22.1. The first-order valence-electron chi connectivity index (χ1n) is 10.8. The Morgan fingerprint density at radius 1 is 1.03 bits per heavy atom. The molecule has 0 radical (unpaired) electrons. The lowest BCUT2D eigenvalue weighted by atomic mass is 10.0. The Kier molecular flexibility index (Phi) is 9.64. The SMILES string of the molecule is C/C(=C\C(C)C(=O)N(C/C(C)=C/[C@H](C)C(=O)N1CCCC1)Cc1ccccc1)CCl. The summed E-state index contributed by atoms with van der Waals surface area (Å²) in [5, 5.41) is 0. The molecule has 1 aromatic carbocycles. The van der Waals surface area contributed by atoms with Crippen molar-refractivity contribution < 1.29 is 9.59 Å². The third kappa shape index (κ3) is 7.32. The number of amides is 2. The summed E-state index contributed by atoms with van der Waals surface area (Å²) in [6.45, 7) is 10.6. The molecule has 30 heavy (non-hydrogen) atoms. The maximum Gasteiger partial charge on any atom is 0.229 e. The average Bonchev–Trinajstić information content (AvgIpc) is 3.27. The number of rotatable bonds is 9. The van der Waals surface area contributed by atoms with Crippen molar-refractivity contribution in [1.29, 1.82) is 0 Å². The summed E-state index contributed by atoms with van der Waals surface area (Å²) in [4.78, 5) is 29.7. The van der Waals surface area contributed by atoms with Crippen LogP contribution < -0.4 is 0 Å². The molecule has 2 amide bonds. The van der Waals surface area contributed by atoms with Crippen molar-refractivity contribution in [2.75, 3.05) is 25.5 Å². The maximum atomic E-state index is 13.2. The van der Waals surface area contributed by atoms with E-state index >= 15 is 0 Å². The van der Waals surface area contributed by atoms with Crippen molar-refractivity contribution in [2.24, 2.45) is 11.8 Å². The van der Waals surface area contributed by atoms with E-state index in [1.807, 2.05) is 80.0 Å². The van der Waals surface area contributed by atoms with E-state index in [0.717, 1.165) is 42.6 Å². The molecule has 0 N–H and O–H groups in total. The monoisotopic (exact) mass is 430 g/mol. The summed E-state index contributed by atoms with van der Waals surface area (Å²) in [7, 11) is 0. The maximum absolute atomic E-state index is 13.2. The van der Waals surface area contributed by atoms with Gasteiger partial charge in [-0.1, -0.05) is 67.5 Å². The van der Waals surface area contributed by atoms with Crippen LogP contribution in [0.3, 0.4) is 0 Å². The fourth-order valence-electron chi connectivity index (χ4n) is 3.92. The van der Waals surface area contributed by atoms with Gasteiger partial charge >= 0.3 is 0 Å². The Morgan fingerprint density at radius 3 is 2.23 bits per heavy atom. The molecule has 1 saturated heterocycles. The summed E-state index contributed by atoms with van der Waals surface area (Å²) in [5.41, 5.74) is 3.11. The van der Waals surface area contributed by atoms with Crippen molar-refractivity contribution in [3.63, 3.8) is 0 Å². The molecule has 0 aromatic heterocycles. The van der Waals surface area contributed by atoms with Crippen LogP contribution in [0.1, 0.15) is 46.1 Å². The van der Waals surface area contributed by atoms with Gasteiger partial charge in [0.15, 0.2) is 0 Å². The smallest absolute Gasteiger partial charge is 0.229 e. The predicted molar refractivity (Wildman–Crippen MR) is 124 cm³/mol. The topological polar surface area (TPSA) is 40.6 Å². The lowest BCUT2D eigenvalue weighted by Crippen LogP contribution is -2.36. The molecule has 4 nitrogen and oxygen atoms in total. The number of alkyl halides is 1. The minimum atomic E-state index is -0.246. The van der Waals surface area contributed by atoms with Gasteiger partial charge in [0.25, 0.3) is 0 Å². The van der Waals surface area contributed by atoms with Crippen LogP contribution in [0.15, 0.2) is 53.6 Å². The third-order valence-corrected chi connectivity index (χ3v) is 5.87. The van der Waals surface area contributed by atoms with Gasteiger partial charge in [0.1, 0.15) is 0 Å². The second-order valence-electron chi connectivity index (χ2n) is 8.45. The van der Waals surface area contributed by atoms with E-state index in [1.165, 1.54) is 0 Å². The first-order valence-corrected chi connectivity index (χ1v) is 11.4. The normalized spacial score (nSPS) is 17.0. The Hall–Kier alpha value is -2.07. The van der Waals surface area contributed by atoms with Crippen LogP contribution >= 0.6 is 11.6 Å². The molecule has 1 aliphatic rings. The van der Waals surface area contributed by atoms with E-state index in [1.54, 1.807) is 0 Å². The molecule has 5 heteroatoms. The number of likely N-dealkylation sites (tertiary alicyclic amines) is 1. The molecule has 0 saturated carbocycles. The lowest BCUT2D eigenvalue weighted by Gasteiger charge is -2.26. The first kappa shape index (κ1) is 24.2. The van der Waals surface area contributed by atoms with Crippen molar-refractivity contribution in [3.05, 3.63) is 59.2 Å². The number of allylic oxidation sites excluding steroid dienone is 1. The largest absolute Gasteiger partial charge is 0.342 e. The van der Waals surface area contributed by atoms with Gasteiger partial charge in [0.2, 0.25) is 11.8 Å². The van der Waals surface area contributed by atoms with E-state index in [2.05, 4.69) is 0 Å². The quantitative estimate of drug-likeness (QED) is 0.406. The fourth-order valence-corrected chi connectivity index (χ4v) is 4.01. The predicted octanol–water partition coefficient (Wildman–Crippen LogP) is 5.04. The van der Waals surface area contributed by atoms with Gasteiger partial charge in [-0.2, -0.15) is 0 Å². The van der Waals surface area contributed by atoms with Crippen LogP contribution in [-0.4, -0.2) is 47.1 Å². The molecule has 2 rings (SSSR count). The van der Waals surface area contributed by atoms with Crippen LogP contribution in [0.4, 0.5) is 0 Å². The summed E-state index contributed by atoms with van der Waals surface area (Å²) in [5.74, 6) is 0.249. The standard InChI is InChI=1S/C25H35ClN2O2/c1-19(16-26)14-21(3)25(30)28(18-23-10-6-5-7-11-23)17-20(2)15-22(4)24(29)27-12-8-9-13-27/h5-7,10-11,14-15,21-22H,8-9,12-13,16-18H2,1-4H3/b19-14+,20-15+/t21?,22-/m0/s1.